The van der Waals surface area contributed by atoms with Crippen LogP contribution in [0.1, 0.15) is 70.1 Å². The molecule has 0 saturated heterocycles. The number of aryl methyl sites for hydroxylation is 1. The molecule has 0 aliphatic heterocycles. The van der Waals surface area contributed by atoms with Crippen molar-refractivity contribution in [2.75, 3.05) is 26.8 Å². The van der Waals surface area contributed by atoms with E-state index in [1.165, 1.54) is 5.56 Å². The number of aliphatic hydroxyl groups is 1. The zero-order valence-electron chi connectivity index (χ0n) is 21.3. The van der Waals surface area contributed by atoms with Gasteiger partial charge in [0.15, 0.2) is 13.6 Å². The molecule has 2 aromatic carbocycles. The molecule has 0 heterocycles. The van der Waals surface area contributed by atoms with Crippen molar-refractivity contribution in [3.8, 4) is 11.5 Å². The molecule has 0 saturated carbocycles. The summed E-state index contributed by atoms with van der Waals surface area (Å²) in [6.07, 6.45) is 9.29. The Hall–Kier alpha value is -2.34. The quantitative estimate of drug-likeness (QED) is 0.158. The van der Waals surface area contributed by atoms with E-state index in [4.69, 9.17) is 18.9 Å². The molecule has 1 unspecified atom stereocenters. The van der Waals surface area contributed by atoms with Gasteiger partial charge in [0.05, 0.1) is 6.10 Å². The molecule has 1 N–H and O–H groups in total. The highest BCUT2D eigenvalue weighted by Crippen LogP contribution is 2.25. The minimum absolute atomic E-state index is 0.179. The smallest absolute Gasteiger partial charge is 0.189 e. The largest absolute Gasteiger partial charge is 0.467 e. The lowest BCUT2D eigenvalue weighted by atomic mass is 9.99. The molecule has 0 radical (unpaired) electrons. The second-order valence-electron chi connectivity index (χ2n) is 8.74. The van der Waals surface area contributed by atoms with Crippen molar-refractivity contribution in [2.45, 2.75) is 65.9 Å². The summed E-state index contributed by atoms with van der Waals surface area (Å²) >= 11 is 0. The maximum absolute atomic E-state index is 9.94. The standard InChI is InChI=1S/C29H42O5/c1-5-31-21-33-27-18-26(19-28(20-27)34-22-32-6-2)16-15-25-13-10-12-24(17-25)11-8-7-9-14-29(30)23(3)4/h10,12-13,15-20,23,29-30H,5-9,11,14,21-22H2,1-4H3/b16-15+. The summed E-state index contributed by atoms with van der Waals surface area (Å²) in [5.41, 5.74) is 3.47. The normalized spacial score (nSPS) is 12.4. The molecule has 0 aromatic heterocycles. The van der Waals surface area contributed by atoms with Gasteiger partial charge in [-0.3, -0.25) is 0 Å². The molecule has 0 amide bonds. The van der Waals surface area contributed by atoms with Gasteiger partial charge in [-0.05, 0) is 67.9 Å². The maximum Gasteiger partial charge on any atom is 0.189 e. The van der Waals surface area contributed by atoms with Crippen molar-refractivity contribution in [1.82, 2.24) is 0 Å². The Morgan fingerprint density at radius 3 is 2.06 bits per heavy atom. The van der Waals surface area contributed by atoms with Crippen molar-refractivity contribution in [3.05, 3.63) is 59.2 Å². The van der Waals surface area contributed by atoms with Crippen LogP contribution in [0.25, 0.3) is 12.2 Å². The number of ether oxygens (including phenoxy) is 4. The summed E-state index contributed by atoms with van der Waals surface area (Å²) in [6, 6.07) is 14.4. The van der Waals surface area contributed by atoms with Gasteiger partial charge in [0.25, 0.3) is 0 Å². The van der Waals surface area contributed by atoms with E-state index in [2.05, 4.69) is 50.3 Å². The summed E-state index contributed by atoms with van der Waals surface area (Å²) in [6.45, 7) is 9.62. The van der Waals surface area contributed by atoms with Gasteiger partial charge in [-0.15, -0.1) is 0 Å². The minimum Gasteiger partial charge on any atom is -0.467 e. The maximum atomic E-state index is 9.94. The van der Waals surface area contributed by atoms with Crippen LogP contribution in [0.2, 0.25) is 0 Å². The predicted octanol–water partition coefficient (Wildman–Crippen LogP) is 6.72. The average molecular weight is 471 g/mol. The van der Waals surface area contributed by atoms with Gasteiger partial charge >= 0.3 is 0 Å². The SMILES string of the molecule is CCOCOc1cc(/C=C/c2cccc(CCCCCC(O)C(C)C)c2)cc(OCOCC)c1. The molecule has 5 nitrogen and oxygen atoms in total. The van der Waals surface area contributed by atoms with Crippen LogP contribution in [-0.4, -0.2) is 38.0 Å². The molecule has 2 aromatic rings. The molecule has 34 heavy (non-hydrogen) atoms. The molecule has 2 rings (SSSR count). The second kappa shape index (κ2) is 16.3. The van der Waals surface area contributed by atoms with Crippen LogP contribution in [0.3, 0.4) is 0 Å². The van der Waals surface area contributed by atoms with E-state index in [9.17, 15) is 5.11 Å². The Kier molecular flexibility index (Phi) is 13.4. The van der Waals surface area contributed by atoms with E-state index < -0.39 is 0 Å². The van der Waals surface area contributed by atoms with Crippen molar-refractivity contribution >= 4 is 12.2 Å². The zero-order valence-corrected chi connectivity index (χ0v) is 21.3. The molecule has 0 spiro atoms. The van der Waals surface area contributed by atoms with Crippen molar-refractivity contribution in [2.24, 2.45) is 5.92 Å². The highest BCUT2D eigenvalue weighted by atomic mass is 16.7. The Labute approximate surface area is 205 Å². The fraction of sp³-hybridized carbons (Fsp3) is 0.517. The molecular weight excluding hydrogens is 428 g/mol. The minimum atomic E-state index is -0.179. The summed E-state index contributed by atoms with van der Waals surface area (Å²) in [7, 11) is 0. The summed E-state index contributed by atoms with van der Waals surface area (Å²) < 4.78 is 22.0. The van der Waals surface area contributed by atoms with Crippen LogP contribution in [0.5, 0.6) is 11.5 Å². The highest BCUT2D eigenvalue weighted by molar-refractivity contribution is 5.71. The van der Waals surface area contributed by atoms with Gasteiger partial charge < -0.3 is 24.1 Å². The number of aliphatic hydroxyl groups excluding tert-OH is 1. The van der Waals surface area contributed by atoms with Crippen LogP contribution in [-0.2, 0) is 15.9 Å². The zero-order chi connectivity index (χ0) is 24.6. The second-order valence-corrected chi connectivity index (χ2v) is 8.74. The van der Waals surface area contributed by atoms with Crippen molar-refractivity contribution < 1.29 is 24.1 Å². The number of benzene rings is 2. The molecular formula is C29H42O5. The van der Waals surface area contributed by atoms with Crippen LogP contribution in [0, 0.1) is 5.92 Å². The summed E-state index contributed by atoms with van der Waals surface area (Å²) in [5.74, 6) is 1.73. The van der Waals surface area contributed by atoms with E-state index in [1.807, 2.05) is 32.0 Å². The molecule has 0 fully saturated rings. The van der Waals surface area contributed by atoms with Crippen LogP contribution in [0.15, 0.2) is 42.5 Å². The molecule has 1 atom stereocenters. The van der Waals surface area contributed by atoms with Gasteiger partial charge in [0.2, 0.25) is 0 Å². The van der Waals surface area contributed by atoms with Gasteiger partial charge in [-0.2, -0.15) is 0 Å². The van der Waals surface area contributed by atoms with E-state index in [-0.39, 0.29) is 19.7 Å². The number of rotatable bonds is 17. The average Bonchev–Trinajstić information content (AvgIpc) is 2.83. The lowest BCUT2D eigenvalue weighted by molar-refractivity contribution is 0.0182. The number of hydrogen-bond acceptors (Lipinski definition) is 5. The molecule has 188 valence electrons. The fourth-order valence-electron chi connectivity index (χ4n) is 3.48. The number of unbranched alkanes of at least 4 members (excludes halogenated alkanes) is 2. The molecule has 5 heteroatoms. The Balaban J connectivity index is 1.97. The Bertz CT molecular complexity index is 818. The third kappa shape index (κ3) is 11.2. The van der Waals surface area contributed by atoms with E-state index in [0.717, 1.165) is 43.2 Å². The molecule has 0 bridgehead atoms. The van der Waals surface area contributed by atoms with E-state index in [1.54, 1.807) is 0 Å². The van der Waals surface area contributed by atoms with Gasteiger partial charge in [-0.25, -0.2) is 0 Å². The van der Waals surface area contributed by atoms with Crippen molar-refractivity contribution in [3.63, 3.8) is 0 Å². The van der Waals surface area contributed by atoms with Gasteiger partial charge in [0.1, 0.15) is 11.5 Å². The van der Waals surface area contributed by atoms with E-state index in [0.29, 0.717) is 30.6 Å². The predicted molar refractivity (Wildman–Crippen MR) is 139 cm³/mol. The van der Waals surface area contributed by atoms with Crippen LogP contribution < -0.4 is 9.47 Å². The summed E-state index contributed by atoms with van der Waals surface area (Å²) in [5, 5.41) is 9.94. The van der Waals surface area contributed by atoms with Crippen molar-refractivity contribution in [1.29, 1.82) is 0 Å². The number of hydrogen-bond donors (Lipinski definition) is 1. The topological polar surface area (TPSA) is 57.2 Å². The molecule has 0 aliphatic rings. The van der Waals surface area contributed by atoms with Crippen LogP contribution >= 0.6 is 0 Å². The van der Waals surface area contributed by atoms with E-state index >= 15 is 0 Å². The Morgan fingerprint density at radius 1 is 0.794 bits per heavy atom. The first-order valence-electron chi connectivity index (χ1n) is 12.5. The first-order chi connectivity index (χ1) is 16.5. The monoisotopic (exact) mass is 470 g/mol. The van der Waals surface area contributed by atoms with Gasteiger partial charge in [0, 0.05) is 19.3 Å². The fourth-order valence-corrected chi connectivity index (χ4v) is 3.48. The first kappa shape index (κ1) is 27.9. The lowest BCUT2D eigenvalue weighted by Crippen LogP contribution is -2.13. The Morgan fingerprint density at radius 2 is 1.44 bits per heavy atom. The first-order valence-corrected chi connectivity index (χ1v) is 12.5. The molecule has 0 aliphatic carbocycles. The highest BCUT2D eigenvalue weighted by Gasteiger charge is 2.08. The summed E-state index contributed by atoms with van der Waals surface area (Å²) in [4.78, 5) is 0. The lowest BCUT2D eigenvalue weighted by Gasteiger charge is -2.13. The van der Waals surface area contributed by atoms with Gasteiger partial charge in [-0.1, -0.05) is 63.1 Å². The third-order valence-electron chi connectivity index (χ3n) is 5.58. The van der Waals surface area contributed by atoms with Crippen LogP contribution in [0.4, 0.5) is 0 Å². The third-order valence-corrected chi connectivity index (χ3v) is 5.58.